The Kier molecular flexibility index (Phi) is 19.5. The maximum Gasteiger partial charge on any atom is 0.488 e. The molecule has 10 heavy (non-hydrogen) atoms. The second kappa shape index (κ2) is 11.8. The van der Waals surface area contributed by atoms with Crippen LogP contribution in [0.5, 0.6) is 0 Å². The first-order chi connectivity index (χ1) is 4.00. The van der Waals surface area contributed by atoms with Gasteiger partial charge in [-0.05, 0) is 10.5 Å². The van der Waals surface area contributed by atoms with Gasteiger partial charge in [0.15, 0.2) is 0 Å². The predicted molar refractivity (Wildman–Crippen MR) is 41.9 cm³/mol. The van der Waals surface area contributed by atoms with Crippen LogP contribution in [0, 0.1) is 5.92 Å². The van der Waals surface area contributed by atoms with E-state index in [4.69, 9.17) is 0 Å². The molecule has 3 nitrogen and oxygen atoms in total. The van der Waals surface area contributed by atoms with E-state index >= 15 is 0 Å². The smallest absolute Gasteiger partial charge is 0.488 e. The molecule has 0 aliphatic rings. The van der Waals surface area contributed by atoms with Gasteiger partial charge in [0.1, 0.15) is 0 Å². The summed E-state index contributed by atoms with van der Waals surface area (Å²) >= 11 is 0. The molecule has 1 atom stereocenters. The maximum absolute atomic E-state index is 9.18. The van der Waals surface area contributed by atoms with Crippen LogP contribution in [0.1, 0.15) is 28.2 Å². The summed E-state index contributed by atoms with van der Waals surface area (Å²) in [5.74, 6) is 0.833. The van der Waals surface area contributed by atoms with E-state index in [1.165, 1.54) is 0 Å². The lowest BCUT2D eigenvalue weighted by Crippen LogP contribution is -1.84. The van der Waals surface area contributed by atoms with Crippen LogP contribution in [0.4, 0.5) is 0 Å². The zero-order valence-electron chi connectivity index (χ0n) is 6.25. The van der Waals surface area contributed by atoms with Gasteiger partial charge in [-0.25, -0.2) is 0 Å². The van der Waals surface area contributed by atoms with Crippen molar-refractivity contribution in [1.29, 1.82) is 0 Å². The normalized spacial score (nSPS) is 9.20. The molecule has 4 heteroatoms. The summed E-state index contributed by atoms with van der Waals surface area (Å²) in [5.41, 5.74) is 0. The molecule has 0 saturated carbocycles. The lowest BCUT2D eigenvalue weighted by molar-refractivity contribution is -0.183. The summed E-state index contributed by atoms with van der Waals surface area (Å²) in [6, 6.07) is 0. The van der Waals surface area contributed by atoms with Crippen LogP contribution < -0.4 is 4.89 Å². The first-order valence-corrected chi connectivity index (χ1v) is 3.78. The molecule has 64 valence electrons. The number of hydrogen-bond donors (Lipinski definition) is 0. The van der Waals surface area contributed by atoms with Gasteiger partial charge in [0.2, 0.25) is 0 Å². The van der Waals surface area contributed by atoms with Crippen LogP contribution in [-0.2, 0) is 9.09 Å². The third kappa shape index (κ3) is 96.9. The van der Waals surface area contributed by atoms with Crippen molar-refractivity contribution in [2.75, 3.05) is 7.11 Å². The third-order valence-corrected chi connectivity index (χ3v) is 0.447. The average Bonchev–Trinajstić information content (AvgIpc) is 1.65. The molecule has 0 aromatic carbocycles. The van der Waals surface area contributed by atoms with Gasteiger partial charge >= 0.3 is 8.25 Å². The van der Waals surface area contributed by atoms with Crippen molar-refractivity contribution in [2.45, 2.75) is 28.2 Å². The molecule has 0 amide bonds. The highest BCUT2D eigenvalue weighted by Gasteiger charge is 1.86. The Hall–Kier alpha value is 0.0200. The lowest BCUT2D eigenvalue weighted by Gasteiger charge is -1.79. The minimum atomic E-state index is -2.60. The quantitative estimate of drug-likeness (QED) is 0.562. The molecule has 1 unspecified atom stereocenters. The van der Waals surface area contributed by atoms with Crippen molar-refractivity contribution in [1.82, 2.24) is 0 Å². The topological polar surface area (TPSA) is 49.4 Å². The summed E-state index contributed by atoms with van der Waals surface area (Å²) in [6.45, 7) is 6.50. The highest BCUT2D eigenvalue weighted by Crippen LogP contribution is 2.02. The molecule has 0 bridgehead atoms. The second-order valence-corrected chi connectivity index (χ2v) is 2.95. The van der Waals surface area contributed by atoms with Gasteiger partial charge < -0.3 is 4.89 Å². The van der Waals surface area contributed by atoms with Gasteiger partial charge in [-0.1, -0.05) is 28.2 Å². The van der Waals surface area contributed by atoms with Crippen molar-refractivity contribution in [3.63, 3.8) is 0 Å². The summed E-state index contributed by atoms with van der Waals surface area (Å²) in [5, 5.41) is 0. The van der Waals surface area contributed by atoms with E-state index in [2.05, 4.69) is 25.3 Å². The lowest BCUT2D eigenvalue weighted by atomic mass is 10.3. The fraction of sp³-hybridized carbons (Fsp3) is 1.00. The van der Waals surface area contributed by atoms with Crippen molar-refractivity contribution < 1.29 is 14.0 Å². The Balaban J connectivity index is -0.0000000910. The Morgan fingerprint density at radius 1 is 1.40 bits per heavy atom. The van der Waals surface area contributed by atoms with Crippen molar-refractivity contribution in [3.8, 4) is 0 Å². The minimum absolute atomic E-state index is 0. The molecule has 0 aliphatic heterocycles. The Bertz CT molecular complexity index is 70.6. The third-order valence-electron chi connectivity index (χ3n) is 0.149. The van der Waals surface area contributed by atoms with Crippen LogP contribution >= 0.6 is 8.25 Å². The molecule has 0 radical (unpaired) electrons. The zero-order valence-corrected chi connectivity index (χ0v) is 7.14. The average molecular weight is 168 g/mol. The zero-order chi connectivity index (χ0) is 7.86. The first kappa shape index (κ1) is 16.5. The summed E-state index contributed by atoms with van der Waals surface area (Å²) in [6.07, 6.45) is 0. The largest absolute Gasteiger partial charge is 0.566 e. The molecular weight excluding hydrogens is 151 g/mol. The number of hydrogen-bond acceptors (Lipinski definition) is 3. The minimum Gasteiger partial charge on any atom is -0.566 e. The monoisotopic (exact) mass is 168 g/mol. The summed E-state index contributed by atoms with van der Waals surface area (Å²) in [7, 11) is -1.50. The van der Waals surface area contributed by atoms with E-state index in [9.17, 15) is 9.46 Å². The standard InChI is InChI=1S/C4H10.CH3O3P.CH4/c1-4(2)3;1-4-5(2)3;/h4H,1-3H3;1H3;1H4. The fourth-order valence-electron chi connectivity index (χ4n) is 0. The molecule has 0 heterocycles. The Labute approximate surface area is 64.4 Å². The van der Waals surface area contributed by atoms with Crippen LogP contribution in [0.2, 0.25) is 0 Å². The van der Waals surface area contributed by atoms with E-state index in [0.717, 1.165) is 13.0 Å². The summed E-state index contributed by atoms with van der Waals surface area (Å²) in [4.78, 5) is 9.18. The van der Waals surface area contributed by atoms with Crippen LogP contribution in [0.3, 0.4) is 0 Å². The fourth-order valence-corrected chi connectivity index (χ4v) is 0. The van der Waals surface area contributed by atoms with Gasteiger partial charge in [-0.3, -0.25) is 0 Å². The summed E-state index contributed by atoms with van der Waals surface area (Å²) < 4.78 is 12.9. The first-order valence-electron chi connectivity index (χ1n) is 2.69. The molecule has 0 fully saturated rings. The van der Waals surface area contributed by atoms with Gasteiger partial charge in [0.05, 0.1) is 7.11 Å². The Morgan fingerprint density at radius 2 is 1.50 bits per heavy atom. The van der Waals surface area contributed by atoms with E-state index in [1.807, 2.05) is 0 Å². The molecule has 0 aliphatic carbocycles. The van der Waals surface area contributed by atoms with Crippen molar-refractivity contribution in [3.05, 3.63) is 0 Å². The molecule has 0 spiro atoms. The maximum atomic E-state index is 9.18. The predicted octanol–water partition coefficient (Wildman–Crippen LogP) is 1.95. The highest BCUT2D eigenvalue weighted by atomic mass is 31.1. The van der Waals surface area contributed by atoms with Crippen molar-refractivity contribution >= 4 is 8.25 Å². The molecular formula is C6H17O3P. The second-order valence-electron chi connectivity index (χ2n) is 2.14. The Morgan fingerprint density at radius 3 is 1.50 bits per heavy atom. The molecule has 0 rings (SSSR count). The van der Waals surface area contributed by atoms with E-state index in [-0.39, 0.29) is 7.43 Å². The van der Waals surface area contributed by atoms with E-state index in [0.29, 0.717) is 0 Å². The molecule has 0 aromatic heterocycles. The highest BCUT2D eigenvalue weighted by molar-refractivity contribution is 7.30. The van der Waals surface area contributed by atoms with Crippen LogP contribution in [0.15, 0.2) is 0 Å². The van der Waals surface area contributed by atoms with Gasteiger partial charge in [-0.15, -0.1) is 0 Å². The molecule has 0 N–H and O–H groups in total. The SMILES string of the molecule is C.CC(C)C.CO[P+](=O)[O-]. The van der Waals surface area contributed by atoms with Gasteiger partial charge in [-0.2, -0.15) is 4.52 Å². The molecule has 0 aromatic rings. The van der Waals surface area contributed by atoms with Crippen LogP contribution in [0.25, 0.3) is 0 Å². The van der Waals surface area contributed by atoms with Gasteiger partial charge in [0, 0.05) is 0 Å². The van der Waals surface area contributed by atoms with Gasteiger partial charge in [0.25, 0.3) is 0 Å². The van der Waals surface area contributed by atoms with E-state index in [1.54, 1.807) is 0 Å². The van der Waals surface area contributed by atoms with E-state index < -0.39 is 8.25 Å². The van der Waals surface area contributed by atoms with Crippen molar-refractivity contribution in [2.24, 2.45) is 5.92 Å². The number of rotatable bonds is 1. The molecule has 0 saturated heterocycles. The van der Waals surface area contributed by atoms with Crippen LogP contribution in [-0.4, -0.2) is 7.11 Å².